The molecule has 1 aromatic carbocycles. The minimum atomic E-state index is -0.553. The van der Waals surface area contributed by atoms with Gasteiger partial charge in [-0.3, -0.25) is 4.79 Å². The number of rotatable bonds is 10. The molecule has 128 valence electrons. The molecule has 0 heterocycles. The Morgan fingerprint density at radius 1 is 1.35 bits per heavy atom. The molecule has 0 saturated heterocycles. The number of nitrogens with one attached hydrogen (secondary N) is 2. The number of hydrogen-bond donors (Lipinski definition) is 3. The van der Waals surface area contributed by atoms with Crippen molar-refractivity contribution in [3.63, 3.8) is 0 Å². The third-order valence-corrected chi connectivity index (χ3v) is 3.48. The summed E-state index contributed by atoms with van der Waals surface area (Å²) in [5, 5.41) is 15.8. The van der Waals surface area contributed by atoms with Crippen LogP contribution in [0.5, 0.6) is 5.75 Å². The molecule has 0 saturated carbocycles. The molecule has 1 aromatic rings. The number of ether oxygens (including phenoxy) is 1. The summed E-state index contributed by atoms with van der Waals surface area (Å²) in [7, 11) is 0. The van der Waals surface area contributed by atoms with E-state index in [1.165, 1.54) is 0 Å². The summed E-state index contributed by atoms with van der Waals surface area (Å²) in [5.41, 5.74) is 0.739. The maximum Gasteiger partial charge on any atom is 0.224 e. The largest absolute Gasteiger partial charge is 0.491 e. The van der Waals surface area contributed by atoms with Gasteiger partial charge in [-0.15, -0.1) is 0 Å². The summed E-state index contributed by atoms with van der Waals surface area (Å²) in [6, 6.07) is 7.48. The van der Waals surface area contributed by atoms with Gasteiger partial charge in [0.1, 0.15) is 18.5 Å². The van der Waals surface area contributed by atoms with Crippen LogP contribution in [-0.4, -0.2) is 36.3 Å². The van der Waals surface area contributed by atoms with Crippen molar-refractivity contribution in [2.45, 2.75) is 38.8 Å². The van der Waals surface area contributed by atoms with Crippen molar-refractivity contribution in [1.29, 1.82) is 0 Å². The highest BCUT2D eigenvalue weighted by Gasteiger charge is 2.06. The quantitative estimate of drug-likeness (QED) is 0.497. The van der Waals surface area contributed by atoms with Gasteiger partial charge in [0.2, 0.25) is 5.91 Å². The maximum atomic E-state index is 11.7. The topological polar surface area (TPSA) is 70.6 Å². The fourth-order valence-corrected chi connectivity index (χ4v) is 2.12. The molecular formula is C17H25IN2O3. The molecule has 1 atom stereocenters. The number of aliphatic hydroxyl groups excluding tert-OH is 1. The fourth-order valence-electron chi connectivity index (χ4n) is 1.76. The fraction of sp³-hybridized carbons (Fsp3) is 0.471. The number of halogens is 1. The summed E-state index contributed by atoms with van der Waals surface area (Å²) in [4.78, 5) is 11.7. The van der Waals surface area contributed by atoms with Crippen LogP contribution < -0.4 is 15.4 Å². The first-order valence-corrected chi connectivity index (χ1v) is 8.95. The van der Waals surface area contributed by atoms with E-state index in [1.807, 2.05) is 24.0 Å². The van der Waals surface area contributed by atoms with Gasteiger partial charge in [0, 0.05) is 24.7 Å². The summed E-state index contributed by atoms with van der Waals surface area (Å²) >= 11 is 2.13. The number of hydrogen-bond acceptors (Lipinski definition) is 4. The van der Waals surface area contributed by atoms with E-state index in [1.54, 1.807) is 24.3 Å². The van der Waals surface area contributed by atoms with Crippen LogP contribution in [0.15, 0.2) is 34.4 Å². The lowest BCUT2D eigenvalue weighted by Gasteiger charge is -2.15. The zero-order valence-corrected chi connectivity index (χ0v) is 15.7. The van der Waals surface area contributed by atoms with Crippen molar-refractivity contribution < 1.29 is 14.6 Å². The molecule has 0 spiro atoms. The molecule has 0 aliphatic carbocycles. The lowest BCUT2D eigenvalue weighted by Crippen LogP contribution is -2.35. The zero-order chi connectivity index (χ0) is 17.1. The molecule has 1 unspecified atom stereocenters. The molecule has 0 fully saturated rings. The molecule has 0 aromatic heterocycles. The Hall–Kier alpha value is -1.12. The Labute approximate surface area is 151 Å². The minimum Gasteiger partial charge on any atom is -0.491 e. The summed E-state index contributed by atoms with van der Waals surface area (Å²) in [5.74, 6) is 0.655. The Balaban J connectivity index is 2.34. The molecule has 0 bridgehead atoms. The molecule has 23 heavy (non-hydrogen) atoms. The van der Waals surface area contributed by atoms with Crippen molar-refractivity contribution in [2.75, 3.05) is 18.5 Å². The van der Waals surface area contributed by atoms with E-state index in [4.69, 9.17) is 4.74 Å². The molecular weight excluding hydrogens is 407 g/mol. The normalized spacial score (nSPS) is 12.6. The molecule has 6 heteroatoms. The van der Waals surface area contributed by atoms with Gasteiger partial charge in [0.25, 0.3) is 0 Å². The Morgan fingerprint density at radius 3 is 2.65 bits per heavy atom. The van der Waals surface area contributed by atoms with E-state index in [-0.39, 0.29) is 12.5 Å². The molecule has 3 N–H and O–H groups in total. The first-order valence-electron chi connectivity index (χ1n) is 7.70. The minimum absolute atomic E-state index is 0.0108. The molecule has 1 rings (SSSR count). The van der Waals surface area contributed by atoms with E-state index < -0.39 is 6.10 Å². The van der Waals surface area contributed by atoms with Crippen LogP contribution in [0.1, 0.15) is 26.7 Å². The van der Waals surface area contributed by atoms with Gasteiger partial charge < -0.3 is 20.5 Å². The van der Waals surface area contributed by atoms with Gasteiger partial charge in [0.15, 0.2) is 0 Å². The summed E-state index contributed by atoms with van der Waals surface area (Å²) in [6.07, 6.45) is 2.60. The van der Waals surface area contributed by atoms with E-state index in [0.29, 0.717) is 24.8 Å². The van der Waals surface area contributed by atoms with Crippen molar-refractivity contribution in [2.24, 2.45) is 0 Å². The summed E-state index contributed by atoms with van der Waals surface area (Å²) < 4.78 is 7.43. The Morgan fingerprint density at radius 2 is 2.04 bits per heavy atom. The molecule has 0 radical (unpaired) electrons. The number of carbonyl (C=O) groups excluding carboxylic acids is 1. The second kappa shape index (κ2) is 11.4. The van der Waals surface area contributed by atoms with Crippen molar-refractivity contribution in [1.82, 2.24) is 5.32 Å². The first-order chi connectivity index (χ1) is 11.0. The average Bonchev–Trinajstić information content (AvgIpc) is 2.52. The summed E-state index contributed by atoms with van der Waals surface area (Å²) in [6.45, 7) is 4.78. The predicted octanol–water partition coefficient (Wildman–Crippen LogP) is 3.09. The number of benzene rings is 1. The molecule has 1 amide bonds. The number of carbonyl (C=O) groups is 1. The van der Waals surface area contributed by atoms with Gasteiger partial charge in [-0.2, -0.15) is 0 Å². The molecule has 0 aliphatic rings. The third kappa shape index (κ3) is 9.58. The average molecular weight is 432 g/mol. The smallest absolute Gasteiger partial charge is 0.224 e. The second-order valence-electron chi connectivity index (χ2n) is 5.50. The van der Waals surface area contributed by atoms with Gasteiger partial charge >= 0.3 is 0 Å². The van der Waals surface area contributed by atoms with E-state index in [0.717, 1.165) is 12.1 Å². The first kappa shape index (κ1) is 19.9. The SMILES string of the molecule is CC(C)NCC(O)COc1ccc(NC(=O)CC/C=C/I)cc1. The number of amides is 1. The van der Waals surface area contributed by atoms with Crippen molar-refractivity contribution >= 4 is 34.2 Å². The van der Waals surface area contributed by atoms with Crippen LogP contribution in [0.3, 0.4) is 0 Å². The Kier molecular flexibility index (Phi) is 9.89. The van der Waals surface area contributed by atoms with Crippen LogP contribution in [0.2, 0.25) is 0 Å². The van der Waals surface area contributed by atoms with Gasteiger partial charge in [-0.05, 0) is 34.8 Å². The maximum absolute atomic E-state index is 11.7. The Bertz CT molecular complexity index is 489. The van der Waals surface area contributed by atoms with Crippen LogP contribution in [0.25, 0.3) is 0 Å². The highest BCUT2D eigenvalue weighted by Crippen LogP contribution is 2.16. The van der Waals surface area contributed by atoms with Crippen LogP contribution in [-0.2, 0) is 4.79 Å². The van der Waals surface area contributed by atoms with Crippen LogP contribution in [0.4, 0.5) is 5.69 Å². The number of allylic oxidation sites excluding steroid dienone is 1. The zero-order valence-electron chi connectivity index (χ0n) is 13.6. The number of anilines is 1. The van der Waals surface area contributed by atoms with Crippen LogP contribution >= 0.6 is 22.6 Å². The van der Waals surface area contributed by atoms with Gasteiger partial charge in [-0.1, -0.05) is 42.5 Å². The van der Waals surface area contributed by atoms with Crippen LogP contribution in [0, 0.1) is 0 Å². The second-order valence-corrected chi connectivity index (χ2v) is 6.22. The molecule has 5 nitrogen and oxygen atoms in total. The lowest BCUT2D eigenvalue weighted by molar-refractivity contribution is -0.116. The lowest BCUT2D eigenvalue weighted by atomic mass is 10.2. The van der Waals surface area contributed by atoms with Crippen molar-refractivity contribution in [3.8, 4) is 5.75 Å². The highest BCUT2D eigenvalue weighted by molar-refractivity contribution is 14.1. The third-order valence-electron chi connectivity index (χ3n) is 2.97. The van der Waals surface area contributed by atoms with Crippen molar-refractivity contribution in [3.05, 3.63) is 34.4 Å². The number of aliphatic hydroxyl groups is 1. The predicted molar refractivity (Wildman–Crippen MR) is 102 cm³/mol. The molecule has 0 aliphatic heterocycles. The van der Waals surface area contributed by atoms with E-state index >= 15 is 0 Å². The van der Waals surface area contributed by atoms with E-state index in [9.17, 15) is 9.90 Å². The standard InChI is InChI=1S/C17H25IN2O3/c1-13(2)19-11-15(21)12-23-16-8-6-14(7-9-16)20-17(22)5-3-4-10-18/h4,6-10,13,15,19,21H,3,5,11-12H2,1-2H3,(H,20,22)/b10-4+. The van der Waals surface area contributed by atoms with Gasteiger partial charge in [0.05, 0.1) is 0 Å². The highest BCUT2D eigenvalue weighted by atomic mass is 127. The monoisotopic (exact) mass is 432 g/mol. The van der Waals surface area contributed by atoms with Gasteiger partial charge in [-0.25, -0.2) is 0 Å². The van der Waals surface area contributed by atoms with E-state index in [2.05, 4.69) is 33.2 Å².